The van der Waals surface area contributed by atoms with Gasteiger partial charge in [0.25, 0.3) is 0 Å². The Morgan fingerprint density at radius 2 is 2.21 bits per heavy atom. The monoisotopic (exact) mass is 189 g/mol. The van der Waals surface area contributed by atoms with Crippen LogP contribution in [0.5, 0.6) is 0 Å². The van der Waals surface area contributed by atoms with Gasteiger partial charge in [0.2, 0.25) is 0 Å². The summed E-state index contributed by atoms with van der Waals surface area (Å²) in [5.41, 5.74) is 1.18. The molecule has 0 saturated carbocycles. The predicted octanol–water partition coefficient (Wildman–Crippen LogP) is 1.68. The molecule has 0 saturated heterocycles. The topological polar surface area (TPSA) is 70.2 Å². The van der Waals surface area contributed by atoms with E-state index >= 15 is 0 Å². The summed E-state index contributed by atoms with van der Waals surface area (Å²) < 4.78 is 0. The maximum absolute atomic E-state index is 10.8. The molecule has 0 unspecified atom stereocenters. The van der Waals surface area contributed by atoms with Crippen LogP contribution in [0.15, 0.2) is 24.4 Å². The molecule has 0 radical (unpaired) electrons. The van der Waals surface area contributed by atoms with E-state index in [2.05, 4.69) is 4.98 Å². The molecule has 2 N–H and O–H groups in total. The van der Waals surface area contributed by atoms with Gasteiger partial charge in [-0.3, -0.25) is 4.79 Å². The summed E-state index contributed by atoms with van der Waals surface area (Å²) in [6, 6.07) is 5.03. The number of H-pyrrole nitrogens is 1. The largest absolute Gasteiger partial charge is 0.478 e. The first-order valence-electron chi connectivity index (χ1n) is 4.02. The summed E-state index contributed by atoms with van der Waals surface area (Å²) in [4.78, 5) is 24.3. The fourth-order valence-electron chi connectivity index (χ4n) is 1.48. The zero-order valence-electron chi connectivity index (χ0n) is 7.15. The van der Waals surface area contributed by atoms with E-state index in [-0.39, 0.29) is 5.56 Å². The highest BCUT2D eigenvalue weighted by molar-refractivity contribution is 6.09. The summed E-state index contributed by atoms with van der Waals surface area (Å²) >= 11 is 0. The second kappa shape index (κ2) is 2.99. The molecular weight excluding hydrogens is 182 g/mol. The number of nitrogens with one attached hydrogen (secondary N) is 1. The molecule has 0 aliphatic carbocycles. The van der Waals surface area contributed by atoms with Gasteiger partial charge < -0.3 is 10.1 Å². The van der Waals surface area contributed by atoms with E-state index in [1.807, 2.05) is 0 Å². The zero-order chi connectivity index (χ0) is 10.1. The van der Waals surface area contributed by atoms with Crippen molar-refractivity contribution in [3.05, 3.63) is 35.5 Å². The van der Waals surface area contributed by atoms with Crippen molar-refractivity contribution in [2.45, 2.75) is 0 Å². The average Bonchev–Trinajstić information content (AvgIpc) is 2.60. The molecule has 4 heteroatoms. The van der Waals surface area contributed by atoms with E-state index in [1.165, 1.54) is 6.20 Å². The van der Waals surface area contributed by atoms with E-state index in [9.17, 15) is 9.59 Å². The molecule has 0 atom stereocenters. The highest BCUT2D eigenvalue weighted by atomic mass is 16.4. The van der Waals surface area contributed by atoms with E-state index < -0.39 is 5.97 Å². The molecule has 2 rings (SSSR count). The molecule has 1 heterocycles. The number of aromatic carboxylic acids is 1. The lowest BCUT2D eigenvalue weighted by Gasteiger charge is -1.95. The van der Waals surface area contributed by atoms with Crippen molar-refractivity contribution in [3.63, 3.8) is 0 Å². The van der Waals surface area contributed by atoms with Gasteiger partial charge in [-0.1, -0.05) is 12.1 Å². The van der Waals surface area contributed by atoms with Crippen LogP contribution in [0.2, 0.25) is 0 Å². The van der Waals surface area contributed by atoms with Crippen molar-refractivity contribution in [2.75, 3.05) is 0 Å². The Labute approximate surface area is 79.2 Å². The normalized spacial score (nSPS) is 10.3. The van der Waals surface area contributed by atoms with Gasteiger partial charge in [0.05, 0.1) is 5.56 Å². The summed E-state index contributed by atoms with van der Waals surface area (Å²) in [7, 11) is 0. The quantitative estimate of drug-likeness (QED) is 0.706. The number of hydrogen-bond donors (Lipinski definition) is 2. The maximum Gasteiger partial charge on any atom is 0.337 e. The number of aromatic nitrogens is 1. The van der Waals surface area contributed by atoms with Gasteiger partial charge in [0, 0.05) is 22.7 Å². The molecule has 0 aliphatic rings. The molecule has 0 spiro atoms. The minimum atomic E-state index is -1.04. The van der Waals surface area contributed by atoms with Crippen molar-refractivity contribution in [1.82, 2.24) is 4.98 Å². The van der Waals surface area contributed by atoms with E-state index in [0.29, 0.717) is 22.8 Å². The Morgan fingerprint density at radius 1 is 1.43 bits per heavy atom. The van der Waals surface area contributed by atoms with Crippen molar-refractivity contribution in [3.8, 4) is 0 Å². The van der Waals surface area contributed by atoms with Crippen molar-refractivity contribution in [1.29, 1.82) is 0 Å². The summed E-state index contributed by atoms with van der Waals surface area (Å²) in [6.45, 7) is 0. The number of carboxylic acids is 1. The number of benzene rings is 1. The van der Waals surface area contributed by atoms with Crippen molar-refractivity contribution < 1.29 is 14.7 Å². The maximum atomic E-state index is 10.8. The van der Waals surface area contributed by atoms with Crippen molar-refractivity contribution >= 4 is 23.2 Å². The standard InChI is InChI=1S/C10H7NO3/c12-5-6-2-1-3-8-9(6)7(4-11-8)10(13)14/h1-5,11H,(H,13,14). The fraction of sp³-hybridized carbons (Fsp3) is 0. The number of carbonyl (C=O) groups excluding carboxylic acids is 1. The molecule has 0 amide bonds. The van der Waals surface area contributed by atoms with Crippen molar-refractivity contribution in [2.24, 2.45) is 0 Å². The first-order valence-corrected chi connectivity index (χ1v) is 4.02. The van der Waals surface area contributed by atoms with Crippen LogP contribution < -0.4 is 0 Å². The number of fused-ring (bicyclic) bond motifs is 1. The summed E-state index contributed by atoms with van der Waals surface area (Å²) in [5, 5.41) is 9.32. The molecule has 1 aromatic heterocycles. The highest BCUT2D eigenvalue weighted by Crippen LogP contribution is 2.21. The van der Waals surface area contributed by atoms with Gasteiger partial charge in [0.1, 0.15) is 0 Å². The first-order chi connectivity index (χ1) is 6.74. The minimum absolute atomic E-state index is 0.128. The summed E-state index contributed by atoms with van der Waals surface area (Å²) in [5.74, 6) is -1.04. The Hall–Kier alpha value is -2.10. The Balaban J connectivity index is 2.87. The molecule has 4 nitrogen and oxygen atoms in total. The molecular formula is C10H7NO3. The van der Waals surface area contributed by atoms with Gasteiger partial charge in [0.15, 0.2) is 6.29 Å². The van der Waals surface area contributed by atoms with Gasteiger partial charge >= 0.3 is 5.97 Å². The van der Waals surface area contributed by atoms with E-state index in [4.69, 9.17) is 5.11 Å². The second-order valence-electron chi connectivity index (χ2n) is 2.90. The number of carboxylic acid groups (broad SMARTS) is 1. The lowest BCUT2D eigenvalue weighted by Crippen LogP contribution is -1.95. The average molecular weight is 189 g/mol. The van der Waals surface area contributed by atoms with Crippen LogP contribution in [0.1, 0.15) is 20.7 Å². The third-order valence-corrected chi connectivity index (χ3v) is 2.10. The molecule has 1 aromatic carbocycles. The van der Waals surface area contributed by atoms with E-state index in [1.54, 1.807) is 18.2 Å². The first kappa shape index (κ1) is 8.50. The third kappa shape index (κ3) is 1.08. The highest BCUT2D eigenvalue weighted by Gasteiger charge is 2.12. The van der Waals surface area contributed by atoms with Crippen LogP contribution >= 0.6 is 0 Å². The summed E-state index contributed by atoms with van der Waals surface area (Å²) in [6.07, 6.45) is 2.04. The Kier molecular flexibility index (Phi) is 1.81. The van der Waals surface area contributed by atoms with Crippen LogP contribution in [-0.4, -0.2) is 22.3 Å². The number of hydrogen-bond acceptors (Lipinski definition) is 2. The molecule has 0 bridgehead atoms. The van der Waals surface area contributed by atoms with Crippen LogP contribution in [-0.2, 0) is 0 Å². The lowest BCUT2D eigenvalue weighted by molar-refractivity contribution is 0.0699. The van der Waals surface area contributed by atoms with Crippen LogP contribution in [0.25, 0.3) is 10.9 Å². The van der Waals surface area contributed by atoms with Gasteiger partial charge in [-0.2, -0.15) is 0 Å². The lowest BCUT2D eigenvalue weighted by atomic mass is 10.1. The van der Waals surface area contributed by atoms with Gasteiger partial charge in [-0.25, -0.2) is 4.79 Å². The van der Waals surface area contributed by atoms with Crippen LogP contribution in [0.3, 0.4) is 0 Å². The minimum Gasteiger partial charge on any atom is -0.478 e. The molecule has 2 aromatic rings. The SMILES string of the molecule is O=Cc1cccc2[nH]cc(C(=O)O)c12. The number of aldehydes is 1. The fourth-order valence-corrected chi connectivity index (χ4v) is 1.48. The smallest absolute Gasteiger partial charge is 0.337 e. The number of carbonyl (C=O) groups is 2. The van der Waals surface area contributed by atoms with Crippen LogP contribution in [0.4, 0.5) is 0 Å². The second-order valence-corrected chi connectivity index (χ2v) is 2.90. The predicted molar refractivity (Wildman–Crippen MR) is 50.6 cm³/mol. The number of aromatic amines is 1. The van der Waals surface area contributed by atoms with Gasteiger partial charge in [-0.15, -0.1) is 0 Å². The Morgan fingerprint density at radius 3 is 2.86 bits per heavy atom. The molecule has 70 valence electrons. The van der Waals surface area contributed by atoms with Crippen LogP contribution in [0, 0.1) is 0 Å². The molecule has 0 aliphatic heterocycles. The number of rotatable bonds is 2. The molecule has 0 fully saturated rings. The third-order valence-electron chi connectivity index (χ3n) is 2.10. The van der Waals surface area contributed by atoms with Gasteiger partial charge in [-0.05, 0) is 6.07 Å². The Bertz CT molecular complexity index is 513. The van der Waals surface area contributed by atoms with E-state index in [0.717, 1.165) is 0 Å². The zero-order valence-corrected chi connectivity index (χ0v) is 7.15. The molecule has 14 heavy (non-hydrogen) atoms.